The van der Waals surface area contributed by atoms with Crippen molar-refractivity contribution in [3.63, 3.8) is 0 Å². The summed E-state index contributed by atoms with van der Waals surface area (Å²) >= 11 is 0. The van der Waals surface area contributed by atoms with Crippen LogP contribution in [0.15, 0.2) is 106 Å². The Kier molecular flexibility index (Phi) is 17.3. The Bertz CT molecular complexity index is 1540. The summed E-state index contributed by atoms with van der Waals surface area (Å²) in [5.74, 6) is -0.254. The summed E-state index contributed by atoms with van der Waals surface area (Å²) in [6, 6.07) is 17.3. The van der Waals surface area contributed by atoms with E-state index in [9.17, 15) is 9.65 Å². The van der Waals surface area contributed by atoms with Gasteiger partial charge in [-0.05, 0) is 99.5 Å². The van der Waals surface area contributed by atoms with Crippen LogP contribution in [-0.4, -0.2) is 50.0 Å². The Morgan fingerprint density at radius 2 is 1.78 bits per heavy atom. The number of hydrogen-bond acceptors (Lipinski definition) is 7. The lowest BCUT2D eigenvalue weighted by molar-refractivity contribution is 0.0376. The Balaban J connectivity index is 1.64. The number of nitriles is 1. The zero-order valence-electron chi connectivity index (χ0n) is 30.1. The molecule has 1 aliphatic heterocycles. The monoisotopic (exact) mass is 666 g/mol. The van der Waals surface area contributed by atoms with E-state index < -0.39 is 0 Å². The lowest BCUT2D eigenvalue weighted by Gasteiger charge is -2.26. The molecule has 1 aliphatic rings. The van der Waals surface area contributed by atoms with Crippen LogP contribution >= 0.6 is 0 Å². The minimum absolute atomic E-state index is 0.0360. The molecule has 1 atom stereocenters. The van der Waals surface area contributed by atoms with Gasteiger partial charge in [-0.3, -0.25) is 9.89 Å². The van der Waals surface area contributed by atoms with Gasteiger partial charge in [-0.25, -0.2) is 4.39 Å². The second-order valence-electron chi connectivity index (χ2n) is 12.1. The van der Waals surface area contributed by atoms with E-state index in [1.54, 1.807) is 12.1 Å². The van der Waals surface area contributed by atoms with Crippen LogP contribution in [0.5, 0.6) is 0 Å². The maximum Gasteiger partial charge on any atom is 0.123 e. The quantitative estimate of drug-likeness (QED) is 0.0845. The largest absolute Gasteiger partial charge is 0.384 e. The molecule has 0 bridgehead atoms. The topological polar surface area (TPSA) is 98.7 Å². The lowest BCUT2D eigenvalue weighted by atomic mass is 10.0. The number of ether oxygens (including phenoxy) is 1. The van der Waals surface area contributed by atoms with Crippen molar-refractivity contribution in [2.45, 2.75) is 72.9 Å². The molecule has 4 N–H and O–H groups in total. The molecule has 262 valence electrons. The smallest absolute Gasteiger partial charge is 0.123 e. The van der Waals surface area contributed by atoms with E-state index in [4.69, 9.17) is 15.5 Å². The summed E-state index contributed by atoms with van der Waals surface area (Å²) in [6.45, 7) is 15.9. The number of nitrogens with two attached hydrogens (primary N) is 1. The van der Waals surface area contributed by atoms with Gasteiger partial charge in [0.05, 0.1) is 30.6 Å². The highest BCUT2D eigenvalue weighted by atomic mass is 19.1. The molecule has 49 heavy (non-hydrogen) atoms. The van der Waals surface area contributed by atoms with Crippen LogP contribution in [0.2, 0.25) is 0 Å². The van der Waals surface area contributed by atoms with E-state index >= 15 is 0 Å². The maximum atomic E-state index is 13.5. The molecule has 2 aromatic carbocycles. The Labute approximate surface area is 293 Å². The van der Waals surface area contributed by atoms with Crippen LogP contribution < -0.4 is 16.4 Å². The standard InChI is InChI=1S/C41H55FN6O/c1-6-11-41(46-31(5)35-17-19-37(42)20-18-35)34(7-2)26-33(28-43)27-38(8-3)45-30-32-13-15-36(16-14-32)40(9-4)47-39(29-44)12-10-21-48-22-24-49-25-23-48/h7,9,11,13-20,26-27,31,45-46H,6,8,10,12,21-25,29-30,44H2,1-5H3/b33-26+,34-7+,38-27-,40-9-,41-11?,47-39?. The normalized spacial score (nSPS) is 16.4. The molecule has 7 nitrogen and oxygen atoms in total. The summed E-state index contributed by atoms with van der Waals surface area (Å²) in [7, 11) is 0. The van der Waals surface area contributed by atoms with E-state index in [-0.39, 0.29) is 11.9 Å². The molecule has 0 amide bonds. The molecular formula is C41H55FN6O. The molecular weight excluding hydrogens is 611 g/mol. The number of allylic oxidation sites excluding steroid dienone is 7. The predicted molar refractivity (Wildman–Crippen MR) is 202 cm³/mol. The number of hydrogen-bond donors (Lipinski definition) is 3. The second kappa shape index (κ2) is 21.6. The van der Waals surface area contributed by atoms with E-state index in [2.05, 4.69) is 65.8 Å². The van der Waals surface area contributed by atoms with Crippen LogP contribution in [0.25, 0.3) is 5.70 Å². The highest BCUT2D eigenvalue weighted by Crippen LogP contribution is 2.21. The summed E-state index contributed by atoms with van der Waals surface area (Å²) in [6.07, 6.45) is 13.5. The molecule has 0 aromatic heterocycles. The third-order valence-electron chi connectivity index (χ3n) is 8.52. The fourth-order valence-electron chi connectivity index (χ4n) is 5.60. The van der Waals surface area contributed by atoms with Crippen molar-refractivity contribution in [2.24, 2.45) is 10.7 Å². The van der Waals surface area contributed by atoms with Crippen LogP contribution in [0.4, 0.5) is 4.39 Å². The number of halogens is 1. The fraction of sp³-hybridized carbons (Fsp3) is 0.415. The van der Waals surface area contributed by atoms with Crippen LogP contribution in [0.1, 0.15) is 83.0 Å². The molecule has 8 heteroatoms. The van der Waals surface area contributed by atoms with E-state index in [0.29, 0.717) is 18.7 Å². The second-order valence-corrected chi connectivity index (χ2v) is 12.1. The molecule has 1 fully saturated rings. The predicted octanol–water partition coefficient (Wildman–Crippen LogP) is 8.12. The summed E-state index contributed by atoms with van der Waals surface area (Å²) in [4.78, 5) is 7.38. The number of morpholine rings is 1. The number of nitrogens with one attached hydrogen (secondary N) is 2. The molecule has 0 aliphatic carbocycles. The van der Waals surface area contributed by atoms with Crippen LogP contribution in [-0.2, 0) is 11.3 Å². The third-order valence-corrected chi connectivity index (χ3v) is 8.52. The Morgan fingerprint density at radius 1 is 1.06 bits per heavy atom. The van der Waals surface area contributed by atoms with Crippen molar-refractivity contribution in [2.75, 3.05) is 39.4 Å². The van der Waals surface area contributed by atoms with Gasteiger partial charge in [0.2, 0.25) is 0 Å². The van der Waals surface area contributed by atoms with Crippen LogP contribution in [0, 0.1) is 17.1 Å². The van der Waals surface area contributed by atoms with Crippen molar-refractivity contribution in [1.29, 1.82) is 5.26 Å². The number of aliphatic imine (C=N–C) groups is 1. The molecule has 0 radical (unpaired) electrons. The molecule has 0 spiro atoms. The summed E-state index contributed by atoms with van der Waals surface area (Å²) < 4.78 is 18.9. The van der Waals surface area contributed by atoms with Gasteiger partial charge in [0, 0.05) is 49.3 Å². The summed E-state index contributed by atoms with van der Waals surface area (Å²) in [5, 5.41) is 17.2. The van der Waals surface area contributed by atoms with Gasteiger partial charge in [0.1, 0.15) is 5.82 Å². The van der Waals surface area contributed by atoms with E-state index in [0.717, 1.165) is 104 Å². The number of rotatable bonds is 18. The van der Waals surface area contributed by atoms with Crippen molar-refractivity contribution in [3.8, 4) is 6.07 Å². The average Bonchev–Trinajstić information content (AvgIpc) is 3.13. The molecule has 3 rings (SSSR count). The SMILES string of the molecule is C/C=C(\N=C(CN)CCCN1CCOCC1)c1ccc(CN\C(=C/C(C#N)=C\C(=C/C)C(=CCC)NC(C)c2ccc(F)cc2)CC)cc1. The van der Waals surface area contributed by atoms with Crippen LogP contribution in [0.3, 0.4) is 0 Å². The fourth-order valence-corrected chi connectivity index (χ4v) is 5.60. The first kappa shape index (κ1) is 39.2. The zero-order chi connectivity index (χ0) is 35.4. The molecule has 2 aromatic rings. The van der Waals surface area contributed by atoms with Gasteiger partial charge in [-0.1, -0.05) is 68.5 Å². The Morgan fingerprint density at radius 3 is 2.37 bits per heavy atom. The van der Waals surface area contributed by atoms with Gasteiger partial charge < -0.3 is 21.1 Å². The maximum absolute atomic E-state index is 13.5. The minimum Gasteiger partial charge on any atom is -0.384 e. The van der Waals surface area contributed by atoms with Gasteiger partial charge in [-0.2, -0.15) is 5.26 Å². The first-order valence-corrected chi connectivity index (χ1v) is 17.6. The molecule has 1 heterocycles. The first-order chi connectivity index (χ1) is 23.8. The van der Waals surface area contributed by atoms with E-state index in [1.165, 1.54) is 12.1 Å². The molecule has 1 saturated heterocycles. The number of nitrogens with zero attached hydrogens (tertiary/aromatic N) is 3. The van der Waals surface area contributed by atoms with E-state index in [1.807, 2.05) is 45.1 Å². The summed E-state index contributed by atoms with van der Waals surface area (Å²) in [5.41, 5.74) is 14.6. The average molecular weight is 667 g/mol. The van der Waals surface area contributed by atoms with Crippen molar-refractivity contribution >= 4 is 11.4 Å². The van der Waals surface area contributed by atoms with Gasteiger partial charge in [-0.15, -0.1) is 0 Å². The molecule has 0 saturated carbocycles. The Hall–Kier alpha value is -4.29. The molecule has 1 unspecified atom stereocenters. The van der Waals surface area contributed by atoms with Crippen molar-refractivity contribution in [1.82, 2.24) is 15.5 Å². The highest BCUT2D eigenvalue weighted by molar-refractivity contribution is 5.91. The van der Waals surface area contributed by atoms with Crippen molar-refractivity contribution < 1.29 is 9.13 Å². The first-order valence-electron chi connectivity index (χ1n) is 17.6. The van der Waals surface area contributed by atoms with Crippen molar-refractivity contribution in [3.05, 3.63) is 124 Å². The highest BCUT2D eigenvalue weighted by Gasteiger charge is 2.12. The minimum atomic E-state index is -0.254. The number of benzene rings is 2. The lowest BCUT2D eigenvalue weighted by Crippen LogP contribution is -2.37. The zero-order valence-corrected chi connectivity index (χ0v) is 30.1. The van der Waals surface area contributed by atoms with Gasteiger partial charge >= 0.3 is 0 Å². The van der Waals surface area contributed by atoms with Gasteiger partial charge in [0.15, 0.2) is 0 Å². The van der Waals surface area contributed by atoms with Gasteiger partial charge in [0.25, 0.3) is 0 Å². The third kappa shape index (κ3) is 13.3.